The van der Waals surface area contributed by atoms with E-state index in [1.165, 1.54) is 12.5 Å². The molecule has 0 radical (unpaired) electrons. The monoisotopic (exact) mass is 282 g/mol. The van der Waals surface area contributed by atoms with Crippen LogP contribution in [-0.4, -0.2) is 36.9 Å². The summed E-state index contributed by atoms with van der Waals surface area (Å²) in [6.07, 6.45) is 7.24. The summed E-state index contributed by atoms with van der Waals surface area (Å²) in [4.78, 5) is 15.9. The largest absolute Gasteiger partial charge is 0.349 e. The van der Waals surface area contributed by atoms with Crippen molar-refractivity contribution in [1.82, 2.24) is 10.3 Å². The second-order valence-corrected chi connectivity index (χ2v) is 7.36. The summed E-state index contributed by atoms with van der Waals surface area (Å²) < 4.78 is 23.1. The van der Waals surface area contributed by atoms with Crippen LogP contribution in [-0.2, 0) is 9.84 Å². The molecule has 1 aromatic heterocycles. The van der Waals surface area contributed by atoms with Crippen molar-refractivity contribution in [2.45, 2.75) is 37.0 Å². The Morgan fingerprint density at radius 3 is 2.84 bits per heavy atom. The molecule has 0 spiro atoms. The van der Waals surface area contributed by atoms with Gasteiger partial charge in [0.05, 0.1) is 10.8 Å². The molecule has 0 bridgehead atoms. The molecule has 1 heterocycles. The first-order valence-electron chi connectivity index (χ1n) is 6.36. The minimum atomic E-state index is -3.02. The molecule has 1 fully saturated rings. The fraction of sp³-hybridized carbons (Fsp3) is 0.538. The maximum atomic E-state index is 12.0. The second-order valence-electron chi connectivity index (χ2n) is 5.03. The molecule has 5 nitrogen and oxygen atoms in total. The SMILES string of the molecule is CS(=O)(=O)[C@H]1CCC[C@H](NC(=O)c2cccnc2)C1. The van der Waals surface area contributed by atoms with Crippen molar-refractivity contribution in [1.29, 1.82) is 0 Å². The Kier molecular flexibility index (Phi) is 4.19. The van der Waals surface area contributed by atoms with Gasteiger partial charge in [-0.3, -0.25) is 9.78 Å². The van der Waals surface area contributed by atoms with E-state index in [9.17, 15) is 13.2 Å². The highest BCUT2D eigenvalue weighted by atomic mass is 32.2. The van der Waals surface area contributed by atoms with Gasteiger partial charge in [-0.1, -0.05) is 6.42 Å². The predicted octanol–water partition coefficient (Wildman–Crippen LogP) is 1.17. The van der Waals surface area contributed by atoms with Crippen LogP contribution in [0.25, 0.3) is 0 Å². The molecule has 1 aliphatic carbocycles. The Morgan fingerprint density at radius 1 is 1.42 bits per heavy atom. The fourth-order valence-corrected chi connectivity index (χ4v) is 3.61. The molecule has 1 amide bonds. The van der Waals surface area contributed by atoms with Crippen molar-refractivity contribution in [3.8, 4) is 0 Å². The van der Waals surface area contributed by atoms with Crippen LogP contribution in [0.1, 0.15) is 36.0 Å². The molecule has 0 unspecified atom stereocenters. The van der Waals surface area contributed by atoms with Crippen LogP contribution < -0.4 is 5.32 Å². The van der Waals surface area contributed by atoms with Gasteiger partial charge in [0.2, 0.25) is 0 Å². The lowest BCUT2D eigenvalue weighted by atomic mass is 9.95. The van der Waals surface area contributed by atoms with E-state index in [1.807, 2.05) is 0 Å². The zero-order valence-electron chi connectivity index (χ0n) is 10.9. The summed E-state index contributed by atoms with van der Waals surface area (Å²) in [5, 5.41) is 2.56. The van der Waals surface area contributed by atoms with E-state index < -0.39 is 9.84 Å². The zero-order valence-corrected chi connectivity index (χ0v) is 11.7. The van der Waals surface area contributed by atoms with Crippen LogP contribution in [0, 0.1) is 0 Å². The minimum Gasteiger partial charge on any atom is -0.349 e. The average molecular weight is 282 g/mol. The molecule has 1 aliphatic rings. The Hall–Kier alpha value is -1.43. The number of amides is 1. The van der Waals surface area contributed by atoms with E-state index in [1.54, 1.807) is 18.3 Å². The van der Waals surface area contributed by atoms with E-state index in [-0.39, 0.29) is 17.2 Å². The van der Waals surface area contributed by atoms with Crippen LogP contribution in [0.3, 0.4) is 0 Å². The summed E-state index contributed by atoms with van der Waals surface area (Å²) in [5.74, 6) is -0.188. The molecule has 19 heavy (non-hydrogen) atoms. The van der Waals surface area contributed by atoms with Crippen LogP contribution in [0.5, 0.6) is 0 Å². The quantitative estimate of drug-likeness (QED) is 0.903. The van der Waals surface area contributed by atoms with Gasteiger partial charge in [0, 0.05) is 24.7 Å². The van der Waals surface area contributed by atoms with E-state index in [2.05, 4.69) is 10.3 Å². The van der Waals surface area contributed by atoms with Gasteiger partial charge in [-0.05, 0) is 31.4 Å². The van der Waals surface area contributed by atoms with Crippen molar-refractivity contribution >= 4 is 15.7 Å². The molecule has 0 aromatic carbocycles. The number of aromatic nitrogens is 1. The van der Waals surface area contributed by atoms with Gasteiger partial charge in [0.1, 0.15) is 9.84 Å². The number of rotatable bonds is 3. The minimum absolute atomic E-state index is 0.0684. The maximum absolute atomic E-state index is 12.0. The molecule has 6 heteroatoms. The third-order valence-electron chi connectivity index (χ3n) is 3.49. The number of carbonyl (C=O) groups excluding carboxylic acids is 1. The van der Waals surface area contributed by atoms with Crippen molar-refractivity contribution in [2.75, 3.05) is 6.26 Å². The highest BCUT2D eigenvalue weighted by Gasteiger charge is 2.29. The van der Waals surface area contributed by atoms with E-state index >= 15 is 0 Å². The average Bonchev–Trinajstić information content (AvgIpc) is 2.39. The third-order valence-corrected chi connectivity index (χ3v) is 5.13. The Bertz CT molecular complexity index is 542. The fourth-order valence-electron chi connectivity index (χ4n) is 2.43. The van der Waals surface area contributed by atoms with Gasteiger partial charge in [-0.25, -0.2) is 8.42 Å². The molecule has 104 valence electrons. The number of hydrogen-bond donors (Lipinski definition) is 1. The number of sulfone groups is 1. The highest BCUT2D eigenvalue weighted by molar-refractivity contribution is 7.91. The molecule has 1 saturated carbocycles. The molecule has 2 rings (SSSR count). The predicted molar refractivity (Wildman–Crippen MR) is 72.6 cm³/mol. The van der Waals surface area contributed by atoms with Crippen molar-refractivity contribution in [3.63, 3.8) is 0 Å². The van der Waals surface area contributed by atoms with Gasteiger partial charge in [-0.2, -0.15) is 0 Å². The Labute approximate surface area is 113 Å². The summed E-state index contributed by atoms with van der Waals surface area (Å²) in [7, 11) is -3.02. The molecule has 0 saturated heterocycles. The second kappa shape index (κ2) is 5.69. The summed E-state index contributed by atoms with van der Waals surface area (Å²) in [5.41, 5.74) is 0.504. The standard InChI is InChI=1S/C13H18N2O3S/c1-19(17,18)12-6-2-5-11(8-12)15-13(16)10-4-3-7-14-9-10/h3-4,7,9,11-12H,2,5-6,8H2,1H3,(H,15,16)/t11-,12-/m0/s1. The lowest BCUT2D eigenvalue weighted by Gasteiger charge is -2.28. The van der Waals surface area contributed by atoms with E-state index in [0.717, 1.165) is 12.8 Å². The molecule has 2 atom stereocenters. The van der Waals surface area contributed by atoms with Crippen molar-refractivity contribution in [3.05, 3.63) is 30.1 Å². The molecular weight excluding hydrogens is 264 g/mol. The topological polar surface area (TPSA) is 76.1 Å². The van der Waals surface area contributed by atoms with Crippen LogP contribution in [0.2, 0.25) is 0 Å². The number of nitrogens with zero attached hydrogens (tertiary/aromatic N) is 1. The van der Waals surface area contributed by atoms with Crippen molar-refractivity contribution < 1.29 is 13.2 Å². The smallest absolute Gasteiger partial charge is 0.253 e. The number of nitrogens with one attached hydrogen (secondary N) is 1. The lowest BCUT2D eigenvalue weighted by molar-refractivity contribution is 0.0927. The highest BCUT2D eigenvalue weighted by Crippen LogP contribution is 2.24. The van der Waals surface area contributed by atoms with Gasteiger partial charge in [0.15, 0.2) is 0 Å². The van der Waals surface area contributed by atoms with Gasteiger partial charge in [0.25, 0.3) is 5.91 Å². The first-order chi connectivity index (χ1) is 8.97. The van der Waals surface area contributed by atoms with E-state index in [0.29, 0.717) is 18.4 Å². The summed E-state index contributed by atoms with van der Waals surface area (Å²) in [6, 6.07) is 3.33. The zero-order chi connectivity index (χ0) is 13.9. The van der Waals surface area contributed by atoms with Gasteiger partial charge >= 0.3 is 0 Å². The molecule has 0 aliphatic heterocycles. The maximum Gasteiger partial charge on any atom is 0.253 e. The summed E-state index contributed by atoms with van der Waals surface area (Å²) in [6.45, 7) is 0. The molecule has 1 N–H and O–H groups in total. The number of carbonyl (C=O) groups is 1. The van der Waals surface area contributed by atoms with Gasteiger partial charge in [-0.15, -0.1) is 0 Å². The Morgan fingerprint density at radius 2 is 2.21 bits per heavy atom. The van der Waals surface area contributed by atoms with Crippen LogP contribution in [0.4, 0.5) is 0 Å². The molecule has 1 aromatic rings. The number of pyridine rings is 1. The van der Waals surface area contributed by atoms with Crippen LogP contribution >= 0.6 is 0 Å². The summed E-state index contributed by atoms with van der Waals surface area (Å²) >= 11 is 0. The van der Waals surface area contributed by atoms with Crippen LogP contribution in [0.15, 0.2) is 24.5 Å². The van der Waals surface area contributed by atoms with E-state index in [4.69, 9.17) is 0 Å². The first-order valence-corrected chi connectivity index (χ1v) is 8.32. The van der Waals surface area contributed by atoms with Crippen molar-refractivity contribution in [2.24, 2.45) is 0 Å². The van der Waals surface area contributed by atoms with Gasteiger partial charge < -0.3 is 5.32 Å². The lowest BCUT2D eigenvalue weighted by Crippen LogP contribution is -2.41. The number of hydrogen-bond acceptors (Lipinski definition) is 4. The first kappa shape index (κ1) is 14.0. The third kappa shape index (κ3) is 3.76. The Balaban J connectivity index is 1.98. The normalized spacial score (nSPS) is 23.8. The molecular formula is C13H18N2O3S.